The highest BCUT2D eigenvalue weighted by Crippen LogP contribution is 2.21. The normalized spacial score (nSPS) is 10.3. The predicted molar refractivity (Wildman–Crippen MR) is 57.8 cm³/mol. The largest absolute Gasteiger partial charge is 0.508 e. The topological polar surface area (TPSA) is 32.3 Å². The fourth-order valence-corrected chi connectivity index (χ4v) is 1.48. The van der Waals surface area contributed by atoms with Gasteiger partial charge >= 0.3 is 0 Å². The molecule has 1 aromatic rings. The molecule has 0 radical (unpaired) electrons. The molecule has 0 spiro atoms. The van der Waals surface area contributed by atoms with Gasteiger partial charge in [0, 0.05) is 11.0 Å². The Morgan fingerprint density at radius 1 is 1.46 bits per heavy atom. The van der Waals surface area contributed by atoms with Crippen molar-refractivity contribution in [3.8, 4) is 5.75 Å². The van der Waals surface area contributed by atoms with Crippen LogP contribution in [0.1, 0.15) is 18.9 Å². The maximum atomic E-state index is 9.25. The van der Waals surface area contributed by atoms with Crippen molar-refractivity contribution in [3.05, 3.63) is 28.2 Å². The molecule has 3 heteroatoms. The van der Waals surface area contributed by atoms with E-state index in [1.54, 1.807) is 12.1 Å². The molecule has 0 fully saturated rings. The van der Waals surface area contributed by atoms with Crippen molar-refractivity contribution in [3.63, 3.8) is 0 Å². The molecule has 0 aliphatic carbocycles. The van der Waals surface area contributed by atoms with Crippen molar-refractivity contribution in [2.75, 3.05) is 6.54 Å². The number of nitrogens with one attached hydrogen (secondary N) is 1. The van der Waals surface area contributed by atoms with Crippen molar-refractivity contribution in [1.82, 2.24) is 5.32 Å². The standard InChI is InChI=1S/C10H14BrNO/c1-2-5-12-7-8-6-9(13)3-4-10(8)11/h3-4,6,12-13H,2,5,7H2,1H3. The summed E-state index contributed by atoms with van der Waals surface area (Å²) in [6.07, 6.45) is 1.12. The lowest BCUT2D eigenvalue weighted by atomic mass is 10.2. The summed E-state index contributed by atoms with van der Waals surface area (Å²) in [6, 6.07) is 5.30. The zero-order valence-corrected chi connectivity index (χ0v) is 9.26. The smallest absolute Gasteiger partial charge is 0.115 e. The van der Waals surface area contributed by atoms with E-state index in [0.717, 1.165) is 29.5 Å². The van der Waals surface area contributed by atoms with E-state index in [0.29, 0.717) is 5.75 Å². The highest BCUT2D eigenvalue weighted by atomic mass is 79.9. The predicted octanol–water partition coefficient (Wildman–Crippen LogP) is 2.65. The summed E-state index contributed by atoms with van der Waals surface area (Å²) in [6.45, 7) is 3.93. The van der Waals surface area contributed by atoms with Gasteiger partial charge in [-0.05, 0) is 36.7 Å². The maximum absolute atomic E-state index is 9.25. The quantitative estimate of drug-likeness (QED) is 0.798. The monoisotopic (exact) mass is 243 g/mol. The second-order valence-corrected chi connectivity index (χ2v) is 3.81. The van der Waals surface area contributed by atoms with Gasteiger partial charge in [-0.15, -0.1) is 0 Å². The Morgan fingerprint density at radius 2 is 2.23 bits per heavy atom. The SMILES string of the molecule is CCCNCc1cc(O)ccc1Br. The molecule has 2 N–H and O–H groups in total. The molecule has 13 heavy (non-hydrogen) atoms. The molecule has 0 atom stereocenters. The van der Waals surface area contributed by atoms with Gasteiger partial charge in [0.1, 0.15) is 5.75 Å². The Bertz CT molecular complexity index is 276. The number of aromatic hydroxyl groups is 1. The van der Waals surface area contributed by atoms with Gasteiger partial charge in [-0.25, -0.2) is 0 Å². The Labute approximate surface area is 87.1 Å². The van der Waals surface area contributed by atoms with Crippen molar-refractivity contribution < 1.29 is 5.11 Å². The molecule has 0 amide bonds. The summed E-state index contributed by atoms with van der Waals surface area (Å²) < 4.78 is 1.04. The fraction of sp³-hybridized carbons (Fsp3) is 0.400. The zero-order valence-electron chi connectivity index (χ0n) is 7.68. The second-order valence-electron chi connectivity index (χ2n) is 2.95. The number of benzene rings is 1. The third kappa shape index (κ3) is 3.36. The summed E-state index contributed by atoms with van der Waals surface area (Å²) in [5.41, 5.74) is 1.09. The van der Waals surface area contributed by atoms with Gasteiger partial charge < -0.3 is 10.4 Å². The molecule has 0 bridgehead atoms. The van der Waals surface area contributed by atoms with Crippen molar-refractivity contribution in [2.24, 2.45) is 0 Å². The lowest BCUT2D eigenvalue weighted by Gasteiger charge is -2.05. The highest BCUT2D eigenvalue weighted by Gasteiger charge is 1.99. The van der Waals surface area contributed by atoms with E-state index in [4.69, 9.17) is 0 Å². The van der Waals surface area contributed by atoms with Crippen LogP contribution < -0.4 is 5.32 Å². The van der Waals surface area contributed by atoms with Gasteiger partial charge in [0.25, 0.3) is 0 Å². The van der Waals surface area contributed by atoms with Crippen LogP contribution in [0.3, 0.4) is 0 Å². The van der Waals surface area contributed by atoms with E-state index in [1.165, 1.54) is 0 Å². The van der Waals surface area contributed by atoms with E-state index in [9.17, 15) is 5.11 Å². The fourth-order valence-electron chi connectivity index (χ4n) is 1.10. The molecule has 72 valence electrons. The third-order valence-corrected chi connectivity index (χ3v) is 2.55. The molecular weight excluding hydrogens is 230 g/mol. The first kappa shape index (κ1) is 10.5. The van der Waals surface area contributed by atoms with Gasteiger partial charge in [-0.1, -0.05) is 22.9 Å². The molecule has 0 saturated carbocycles. The second kappa shape index (κ2) is 5.25. The van der Waals surface area contributed by atoms with Gasteiger partial charge in [-0.3, -0.25) is 0 Å². The highest BCUT2D eigenvalue weighted by molar-refractivity contribution is 9.10. The Hall–Kier alpha value is -0.540. The number of rotatable bonds is 4. The van der Waals surface area contributed by atoms with Crippen LogP contribution in [0.5, 0.6) is 5.75 Å². The van der Waals surface area contributed by atoms with Crippen LogP contribution in [0.15, 0.2) is 22.7 Å². The van der Waals surface area contributed by atoms with Crippen LogP contribution in [0.2, 0.25) is 0 Å². The Kier molecular flexibility index (Phi) is 4.25. The Balaban J connectivity index is 2.59. The number of hydrogen-bond acceptors (Lipinski definition) is 2. The number of hydrogen-bond donors (Lipinski definition) is 2. The first-order valence-corrected chi connectivity index (χ1v) is 5.21. The lowest BCUT2D eigenvalue weighted by Crippen LogP contribution is -2.13. The summed E-state index contributed by atoms with van der Waals surface area (Å²) in [5.74, 6) is 0.316. The average Bonchev–Trinajstić information content (AvgIpc) is 2.11. The van der Waals surface area contributed by atoms with Crippen LogP contribution >= 0.6 is 15.9 Å². The van der Waals surface area contributed by atoms with Crippen LogP contribution in [-0.4, -0.2) is 11.7 Å². The van der Waals surface area contributed by atoms with Gasteiger partial charge in [-0.2, -0.15) is 0 Å². The molecular formula is C10H14BrNO. The van der Waals surface area contributed by atoms with Crippen molar-refractivity contribution in [1.29, 1.82) is 0 Å². The summed E-state index contributed by atoms with van der Waals surface area (Å²) in [4.78, 5) is 0. The number of phenols is 1. The number of halogens is 1. The van der Waals surface area contributed by atoms with E-state index in [1.807, 2.05) is 6.07 Å². The first-order chi connectivity index (χ1) is 6.24. The van der Waals surface area contributed by atoms with E-state index in [2.05, 4.69) is 28.2 Å². The van der Waals surface area contributed by atoms with Gasteiger partial charge in [0.15, 0.2) is 0 Å². The van der Waals surface area contributed by atoms with Gasteiger partial charge in [0.05, 0.1) is 0 Å². The molecule has 1 rings (SSSR count). The minimum absolute atomic E-state index is 0.316. The molecule has 0 aromatic heterocycles. The minimum Gasteiger partial charge on any atom is -0.508 e. The number of phenolic OH excluding ortho intramolecular Hbond substituents is 1. The van der Waals surface area contributed by atoms with E-state index < -0.39 is 0 Å². The summed E-state index contributed by atoms with van der Waals surface area (Å²) >= 11 is 3.43. The van der Waals surface area contributed by atoms with E-state index in [-0.39, 0.29) is 0 Å². The summed E-state index contributed by atoms with van der Waals surface area (Å²) in [7, 11) is 0. The minimum atomic E-state index is 0.316. The third-order valence-electron chi connectivity index (χ3n) is 1.77. The van der Waals surface area contributed by atoms with Gasteiger partial charge in [0.2, 0.25) is 0 Å². The molecule has 0 aliphatic heterocycles. The molecule has 0 aliphatic rings. The molecule has 2 nitrogen and oxygen atoms in total. The van der Waals surface area contributed by atoms with Crippen LogP contribution in [-0.2, 0) is 6.54 Å². The zero-order chi connectivity index (χ0) is 9.68. The molecule has 0 unspecified atom stereocenters. The van der Waals surface area contributed by atoms with Crippen LogP contribution in [0.25, 0.3) is 0 Å². The van der Waals surface area contributed by atoms with E-state index >= 15 is 0 Å². The average molecular weight is 244 g/mol. The maximum Gasteiger partial charge on any atom is 0.115 e. The lowest BCUT2D eigenvalue weighted by molar-refractivity contribution is 0.474. The Morgan fingerprint density at radius 3 is 2.92 bits per heavy atom. The first-order valence-electron chi connectivity index (χ1n) is 4.42. The van der Waals surface area contributed by atoms with Crippen LogP contribution in [0, 0.1) is 0 Å². The summed E-state index contributed by atoms with van der Waals surface area (Å²) in [5, 5.41) is 12.5. The van der Waals surface area contributed by atoms with Crippen LogP contribution in [0.4, 0.5) is 0 Å². The molecule has 1 aromatic carbocycles. The van der Waals surface area contributed by atoms with Crippen molar-refractivity contribution >= 4 is 15.9 Å². The molecule has 0 saturated heterocycles. The van der Waals surface area contributed by atoms with Crippen molar-refractivity contribution in [2.45, 2.75) is 19.9 Å². The molecule has 0 heterocycles.